The first-order valence-corrected chi connectivity index (χ1v) is 8.25. The van der Waals surface area contributed by atoms with E-state index in [1.807, 2.05) is 37.1 Å². The Kier molecular flexibility index (Phi) is 6.87. The van der Waals surface area contributed by atoms with Crippen LogP contribution in [-0.4, -0.2) is 44.2 Å². The molecule has 0 bridgehead atoms. The fourth-order valence-electron chi connectivity index (χ4n) is 2.98. The van der Waals surface area contributed by atoms with Gasteiger partial charge in [0.15, 0.2) is 0 Å². The predicted octanol–water partition coefficient (Wildman–Crippen LogP) is 2.30. The Morgan fingerprint density at radius 1 is 1.32 bits per heavy atom. The monoisotopic (exact) mass is 304 g/mol. The van der Waals surface area contributed by atoms with Gasteiger partial charge in [-0.15, -0.1) is 0 Å². The predicted molar refractivity (Wildman–Crippen MR) is 88.5 cm³/mol. The van der Waals surface area contributed by atoms with Crippen molar-refractivity contribution in [1.82, 2.24) is 10.2 Å². The van der Waals surface area contributed by atoms with Crippen molar-refractivity contribution in [2.45, 2.75) is 26.3 Å². The summed E-state index contributed by atoms with van der Waals surface area (Å²) in [5.74, 6) is 0.807. The number of carbonyl (C=O) groups excluding carboxylic acids is 1. The van der Waals surface area contributed by atoms with Crippen LogP contribution >= 0.6 is 0 Å². The van der Waals surface area contributed by atoms with Gasteiger partial charge in [0.1, 0.15) is 0 Å². The summed E-state index contributed by atoms with van der Waals surface area (Å²) in [4.78, 5) is 14.8. The fraction of sp³-hybridized carbons (Fsp3) is 0.611. The molecule has 1 saturated heterocycles. The average molecular weight is 304 g/mol. The lowest BCUT2D eigenvalue weighted by Gasteiger charge is -2.31. The Morgan fingerprint density at radius 3 is 2.64 bits per heavy atom. The second kappa shape index (κ2) is 8.91. The third-order valence-corrected chi connectivity index (χ3v) is 4.28. The van der Waals surface area contributed by atoms with Gasteiger partial charge in [0.2, 0.25) is 5.91 Å². The second-order valence-corrected chi connectivity index (χ2v) is 6.22. The lowest BCUT2D eigenvalue weighted by atomic mass is 9.98. The number of hydrogen-bond donors (Lipinski definition) is 1. The second-order valence-electron chi connectivity index (χ2n) is 6.22. The Hall–Kier alpha value is -1.39. The van der Waals surface area contributed by atoms with E-state index in [1.165, 1.54) is 5.56 Å². The molecule has 1 N–H and O–H groups in total. The molecule has 1 aliphatic rings. The molecule has 1 aromatic carbocycles. The largest absolute Gasteiger partial charge is 0.381 e. The van der Waals surface area contributed by atoms with Crippen molar-refractivity contribution in [3.05, 3.63) is 35.9 Å². The van der Waals surface area contributed by atoms with Crippen molar-refractivity contribution < 1.29 is 9.53 Å². The van der Waals surface area contributed by atoms with E-state index in [2.05, 4.69) is 17.4 Å². The van der Waals surface area contributed by atoms with Crippen molar-refractivity contribution in [3.8, 4) is 0 Å². The van der Waals surface area contributed by atoms with E-state index in [0.29, 0.717) is 12.5 Å². The number of carbonyl (C=O) groups is 1. The van der Waals surface area contributed by atoms with Gasteiger partial charge in [-0.05, 0) is 31.4 Å². The van der Waals surface area contributed by atoms with Crippen LogP contribution in [0.15, 0.2) is 30.3 Å². The molecule has 0 spiro atoms. The fourth-order valence-corrected chi connectivity index (χ4v) is 2.98. The molecular formula is C18H28N2O2. The van der Waals surface area contributed by atoms with Crippen molar-refractivity contribution in [2.75, 3.05) is 33.4 Å². The van der Waals surface area contributed by atoms with Crippen LogP contribution in [0, 0.1) is 11.8 Å². The number of nitrogens with one attached hydrogen (secondary N) is 1. The Balaban J connectivity index is 2.03. The Bertz CT molecular complexity index is 444. The van der Waals surface area contributed by atoms with E-state index in [9.17, 15) is 4.79 Å². The van der Waals surface area contributed by atoms with Gasteiger partial charge in [-0.2, -0.15) is 0 Å². The molecule has 0 saturated carbocycles. The van der Waals surface area contributed by atoms with Gasteiger partial charge in [0.05, 0.1) is 0 Å². The molecule has 1 heterocycles. The summed E-state index contributed by atoms with van der Waals surface area (Å²) in [5, 5.41) is 3.10. The Labute approximate surface area is 133 Å². The van der Waals surface area contributed by atoms with Crippen LogP contribution in [0.5, 0.6) is 0 Å². The van der Waals surface area contributed by atoms with Crippen LogP contribution in [0.3, 0.4) is 0 Å². The van der Waals surface area contributed by atoms with Gasteiger partial charge < -0.3 is 15.0 Å². The minimum Gasteiger partial charge on any atom is -0.381 e. The highest BCUT2D eigenvalue weighted by Gasteiger charge is 2.24. The van der Waals surface area contributed by atoms with E-state index in [0.717, 1.165) is 39.1 Å². The van der Waals surface area contributed by atoms with Gasteiger partial charge in [-0.25, -0.2) is 0 Å². The zero-order valence-electron chi connectivity index (χ0n) is 13.8. The quantitative estimate of drug-likeness (QED) is 0.840. The van der Waals surface area contributed by atoms with Crippen LogP contribution in [0.4, 0.5) is 0 Å². The average Bonchev–Trinajstić information content (AvgIpc) is 2.56. The number of ether oxygens (including phenoxy) is 1. The topological polar surface area (TPSA) is 41.6 Å². The van der Waals surface area contributed by atoms with Gasteiger partial charge >= 0.3 is 0 Å². The highest BCUT2D eigenvalue weighted by molar-refractivity contribution is 5.78. The van der Waals surface area contributed by atoms with Crippen molar-refractivity contribution in [1.29, 1.82) is 0 Å². The van der Waals surface area contributed by atoms with Crippen molar-refractivity contribution in [3.63, 3.8) is 0 Å². The molecule has 4 nitrogen and oxygen atoms in total. The standard InChI is InChI=1S/C18H28N2O2/c1-15(12-19-2)18(21)20(13-16-6-4-3-5-7-16)14-17-8-10-22-11-9-17/h3-7,15,17,19H,8-14H2,1-2H3/t15-/m0/s1. The molecule has 0 unspecified atom stereocenters. The highest BCUT2D eigenvalue weighted by Crippen LogP contribution is 2.19. The minimum absolute atomic E-state index is 0.00792. The van der Waals surface area contributed by atoms with E-state index in [1.54, 1.807) is 0 Å². The molecule has 2 rings (SSSR count). The molecule has 1 aliphatic heterocycles. The SMILES string of the molecule is CNC[C@H](C)C(=O)N(Cc1ccccc1)CC1CCOCC1. The smallest absolute Gasteiger partial charge is 0.226 e. The first kappa shape index (κ1) is 17.0. The molecule has 1 amide bonds. The molecule has 0 aliphatic carbocycles. The molecule has 1 fully saturated rings. The molecule has 22 heavy (non-hydrogen) atoms. The van der Waals surface area contributed by atoms with Crippen molar-refractivity contribution >= 4 is 5.91 Å². The minimum atomic E-state index is 0.00792. The Morgan fingerprint density at radius 2 is 2.00 bits per heavy atom. The lowest BCUT2D eigenvalue weighted by molar-refractivity contribution is -0.136. The van der Waals surface area contributed by atoms with Crippen LogP contribution < -0.4 is 5.32 Å². The van der Waals surface area contributed by atoms with Gasteiger partial charge in [-0.1, -0.05) is 37.3 Å². The molecule has 122 valence electrons. The molecule has 4 heteroatoms. The molecular weight excluding hydrogens is 276 g/mol. The van der Waals surface area contributed by atoms with E-state index >= 15 is 0 Å². The summed E-state index contributed by atoms with van der Waals surface area (Å²) in [7, 11) is 1.89. The molecule has 0 aromatic heterocycles. The maximum atomic E-state index is 12.8. The summed E-state index contributed by atoms with van der Waals surface area (Å²) in [5.41, 5.74) is 1.19. The van der Waals surface area contributed by atoms with Crippen LogP contribution in [0.1, 0.15) is 25.3 Å². The number of rotatable bonds is 7. The zero-order valence-corrected chi connectivity index (χ0v) is 13.8. The zero-order chi connectivity index (χ0) is 15.8. The van der Waals surface area contributed by atoms with Crippen LogP contribution in [-0.2, 0) is 16.1 Å². The van der Waals surface area contributed by atoms with Crippen LogP contribution in [0.25, 0.3) is 0 Å². The molecule has 0 radical (unpaired) electrons. The maximum absolute atomic E-state index is 12.8. The van der Waals surface area contributed by atoms with Gasteiger partial charge in [0, 0.05) is 38.8 Å². The summed E-state index contributed by atoms with van der Waals surface area (Å²) < 4.78 is 5.43. The number of nitrogens with zero attached hydrogens (tertiary/aromatic N) is 1. The maximum Gasteiger partial charge on any atom is 0.226 e. The van der Waals surface area contributed by atoms with Gasteiger partial charge in [-0.3, -0.25) is 4.79 Å². The third kappa shape index (κ3) is 5.11. The van der Waals surface area contributed by atoms with E-state index < -0.39 is 0 Å². The molecule has 1 aromatic rings. The summed E-state index contributed by atoms with van der Waals surface area (Å²) in [6.07, 6.45) is 2.11. The van der Waals surface area contributed by atoms with Gasteiger partial charge in [0.25, 0.3) is 0 Å². The van der Waals surface area contributed by atoms with E-state index in [-0.39, 0.29) is 11.8 Å². The summed E-state index contributed by atoms with van der Waals surface area (Å²) in [6, 6.07) is 10.3. The first-order chi connectivity index (χ1) is 10.7. The highest BCUT2D eigenvalue weighted by atomic mass is 16.5. The third-order valence-electron chi connectivity index (χ3n) is 4.28. The lowest BCUT2D eigenvalue weighted by Crippen LogP contribution is -2.41. The number of hydrogen-bond acceptors (Lipinski definition) is 3. The van der Waals surface area contributed by atoms with E-state index in [4.69, 9.17) is 4.74 Å². The normalized spacial score (nSPS) is 17.2. The molecule has 1 atom stereocenters. The number of amides is 1. The number of benzene rings is 1. The first-order valence-electron chi connectivity index (χ1n) is 8.25. The summed E-state index contributed by atoms with van der Waals surface area (Å²) >= 11 is 0. The summed E-state index contributed by atoms with van der Waals surface area (Å²) in [6.45, 7) is 5.91. The van der Waals surface area contributed by atoms with Crippen molar-refractivity contribution in [2.24, 2.45) is 11.8 Å². The van der Waals surface area contributed by atoms with Crippen LogP contribution in [0.2, 0.25) is 0 Å².